The maximum Gasteiger partial charge on any atom is 0.276 e. The van der Waals surface area contributed by atoms with Crippen LogP contribution in [0.25, 0.3) is 5.65 Å². The van der Waals surface area contributed by atoms with Crippen LogP contribution in [0.3, 0.4) is 0 Å². The molecule has 0 fully saturated rings. The predicted molar refractivity (Wildman–Crippen MR) is 106 cm³/mol. The third-order valence-corrected chi connectivity index (χ3v) is 4.24. The van der Waals surface area contributed by atoms with Gasteiger partial charge in [0, 0.05) is 23.2 Å². The van der Waals surface area contributed by atoms with Crippen molar-refractivity contribution < 1.29 is 19.0 Å². The highest BCUT2D eigenvalue weighted by Crippen LogP contribution is 2.40. The molecular formula is C20H24N4O4. The number of fused-ring (bicyclic) bond motifs is 1. The van der Waals surface area contributed by atoms with Crippen LogP contribution < -0.4 is 19.5 Å². The monoisotopic (exact) mass is 384 g/mol. The van der Waals surface area contributed by atoms with Gasteiger partial charge in [0.2, 0.25) is 5.75 Å². The summed E-state index contributed by atoms with van der Waals surface area (Å²) < 4.78 is 17.5. The minimum Gasteiger partial charge on any atom is -0.493 e. The van der Waals surface area contributed by atoms with Gasteiger partial charge in [0.15, 0.2) is 17.1 Å². The van der Waals surface area contributed by atoms with E-state index in [-0.39, 0.29) is 17.0 Å². The third-order valence-electron chi connectivity index (χ3n) is 4.24. The highest BCUT2D eigenvalue weighted by atomic mass is 16.5. The fourth-order valence-electron chi connectivity index (χ4n) is 2.71. The van der Waals surface area contributed by atoms with Crippen molar-refractivity contribution in [3.05, 3.63) is 41.9 Å². The van der Waals surface area contributed by atoms with Crippen molar-refractivity contribution in [1.29, 1.82) is 0 Å². The van der Waals surface area contributed by atoms with Crippen LogP contribution in [0.15, 0.2) is 30.5 Å². The summed E-state index contributed by atoms with van der Waals surface area (Å²) in [6.07, 6.45) is 1.84. The van der Waals surface area contributed by atoms with E-state index in [0.717, 1.165) is 5.69 Å². The molecule has 0 radical (unpaired) electrons. The fourth-order valence-corrected chi connectivity index (χ4v) is 2.71. The van der Waals surface area contributed by atoms with Crippen LogP contribution in [-0.2, 0) is 5.41 Å². The number of hydrogen-bond acceptors (Lipinski definition) is 6. The summed E-state index contributed by atoms with van der Waals surface area (Å²) in [5, 5.41) is 7.19. The number of anilines is 1. The van der Waals surface area contributed by atoms with E-state index in [2.05, 4.69) is 36.2 Å². The normalized spacial score (nSPS) is 11.4. The van der Waals surface area contributed by atoms with Gasteiger partial charge in [0.05, 0.1) is 33.2 Å². The van der Waals surface area contributed by atoms with E-state index in [1.807, 2.05) is 6.20 Å². The summed E-state index contributed by atoms with van der Waals surface area (Å²) in [4.78, 5) is 17.2. The molecule has 1 aromatic carbocycles. The number of imidazole rings is 1. The van der Waals surface area contributed by atoms with Crippen molar-refractivity contribution in [2.24, 2.45) is 0 Å². The van der Waals surface area contributed by atoms with E-state index < -0.39 is 0 Å². The smallest absolute Gasteiger partial charge is 0.276 e. The molecule has 3 aromatic rings. The molecule has 0 bridgehead atoms. The molecule has 2 aromatic heterocycles. The number of carbonyl (C=O) groups is 1. The Morgan fingerprint density at radius 2 is 1.68 bits per heavy atom. The van der Waals surface area contributed by atoms with Crippen LogP contribution in [0.4, 0.5) is 5.69 Å². The standard InChI is InChI=1S/C20H24N4O4/c1-20(2,3)16-11-24-17(22-16)8-7-13(23-24)19(25)21-12-9-14(26-4)18(28-6)15(10-12)27-5/h7-11H,1-6H3,(H,21,25). The molecule has 1 amide bonds. The SMILES string of the molecule is COc1cc(NC(=O)c2ccc3nc(C(C)(C)C)cn3n2)cc(OC)c1OC. The van der Waals surface area contributed by atoms with Gasteiger partial charge in [-0.1, -0.05) is 20.8 Å². The van der Waals surface area contributed by atoms with Crippen LogP contribution in [0.1, 0.15) is 37.0 Å². The predicted octanol–water partition coefficient (Wildman–Crippen LogP) is 3.30. The lowest BCUT2D eigenvalue weighted by Crippen LogP contribution is -2.15. The quantitative estimate of drug-likeness (QED) is 0.726. The minimum absolute atomic E-state index is 0.105. The molecular weight excluding hydrogens is 360 g/mol. The van der Waals surface area contributed by atoms with Crippen molar-refractivity contribution in [3.63, 3.8) is 0 Å². The van der Waals surface area contributed by atoms with Gasteiger partial charge in [-0.25, -0.2) is 9.50 Å². The van der Waals surface area contributed by atoms with Crippen LogP contribution >= 0.6 is 0 Å². The zero-order valence-electron chi connectivity index (χ0n) is 16.9. The minimum atomic E-state index is -0.359. The van der Waals surface area contributed by atoms with E-state index in [4.69, 9.17) is 14.2 Å². The number of ether oxygens (including phenoxy) is 3. The number of rotatable bonds is 5. The number of methoxy groups -OCH3 is 3. The van der Waals surface area contributed by atoms with Crippen molar-refractivity contribution in [1.82, 2.24) is 14.6 Å². The van der Waals surface area contributed by atoms with Crippen LogP contribution in [0.5, 0.6) is 17.2 Å². The molecule has 0 saturated carbocycles. The molecule has 3 rings (SSSR count). The van der Waals surface area contributed by atoms with Crippen molar-refractivity contribution >= 4 is 17.2 Å². The number of nitrogens with zero attached hydrogens (tertiary/aromatic N) is 3. The van der Waals surface area contributed by atoms with E-state index >= 15 is 0 Å². The molecule has 148 valence electrons. The Morgan fingerprint density at radius 1 is 1.04 bits per heavy atom. The van der Waals surface area contributed by atoms with Crippen molar-refractivity contribution in [2.75, 3.05) is 26.6 Å². The topological polar surface area (TPSA) is 87.0 Å². The molecule has 0 aliphatic heterocycles. The fraction of sp³-hybridized carbons (Fsp3) is 0.350. The molecule has 8 nitrogen and oxygen atoms in total. The Hall–Kier alpha value is -3.29. The van der Waals surface area contributed by atoms with E-state index in [9.17, 15) is 4.79 Å². The molecule has 2 heterocycles. The lowest BCUT2D eigenvalue weighted by atomic mass is 9.93. The second-order valence-electron chi connectivity index (χ2n) is 7.27. The van der Waals surface area contributed by atoms with Gasteiger partial charge in [-0.3, -0.25) is 4.79 Å². The first-order chi connectivity index (χ1) is 13.3. The largest absolute Gasteiger partial charge is 0.493 e. The summed E-state index contributed by atoms with van der Waals surface area (Å²) in [7, 11) is 4.56. The number of benzene rings is 1. The Bertz CT molecular complexity index is 996. The van der Waals surface area contributed by atoms with E-state index in [1.54, 1.807) is 28.8 Å². The Labute approximate surface area is 163 Å². The molecule has 1 N–H and O–H groups in total. The molecule has 0 unspecified atom stereocenters. The molecule has 28 heavy (non-hydrogen) atoms. The molecule has 0 atom stereocenters. The first kappa shape index (κ1) is 19.5. The molecule has 0 aliphatic rings. The number of carbonyl (C=O) groups excluding carboxylic acids is 1. The average Bonchev–Trinajstić information content (AvgIpc) is 3.10. The summed E-state index contributed by atoms with van der Waals surface area (Å²) in [6, 6.07) is 6.73. The Balaban J connectivity index is 1.90. The zero-order valence-corrected chi connectivity index (χ0v) is 16.9. The van der Waals surface area contributed by atoms with Gasteiger partial charge in [-0.2, -0.15) is 5.10 Å². The lowest BCUT2D eigenvalue weighted by Gasteiger charge is -2.14. The average molecular weight is 384 g/mol. The molecule has 0 aliphatic carbocycles. The summed E-state index contributed by atoms with van der Waals surface area (Å²) in [6.45, 7) is 6.23. The third kappa shape index (κ3) is 3.71. The van der Waals surface area contributed by atoms with Gasteiger partial charge in [0.25, 0.3) is 5.91 Å². The maximum absolute atomic E-state index is 12.7. The Morgan fingerprint density at radius 3 is 2.21 bits per heavy atom. The van der Waals surface area contributed by atoms with Crippen molar-refractivity contribution in [2.45, 2.75) is 26.2 Å². The molecule has 0 spiro atoms. The highest BCUT2D eigenvalue weighted by Gasteiger charge is 2.19. The number of amides is 1. The van der Waals surface area contributed by atoms with E-state index in [0.29, 0.717) is 28.6 Å². The summed E-state index contributed by atoms with van der Waals surface area (Å²) >= 11 is 0. The first-order valence-electron chi connectivity index (χ1n) is 8.75. The number of nitrogens with one attached hydrogen (secondary N) is 1. The maximum atomic E-state index is 12.7. The van der Waals surface area contributed by atoms with Crippen LogP contribution in [-0.4, -0.2) is 41.8 Å². The molecule has 8 heteroatoms. The van der Waals surface area contributed by atoms with Crippen molar-refractivity contribution in [3.8, 4) is 17.2 Å². The second-order valence-corrected chi connectivity index (χ2v) is 7.27. The molecule has 0 saturated heterocycles. The highest BCUT2D eigenvalue weighted by molar-refractivity contribution is 6.03. The van der Waals surface area contributed by atoms with Crippen LogP contribution in [0, 0.1) is 0 Å². The van der Waals surface area contributed by atoms with Crippen LogP contribution in [0.2, 0.25) is 0 Å². The van der Waals surface area contributed by atoms with E-state index in [1.165, 1.54) is 21.3 Å². The van der Waals surface area contributed by atoms with Gasteiger partial charge in [-0.15, -0.1) is 0 Å². The number of aromatic nitrogens is 3. The summed E-state index contributed by atoms with van der Waals surface area (Å²) in [5.41, 5.74) is 2.25. The zero-order chi connectivity index (χ0) is 20.5. The lowest BCUT2D eigenvalue weighted by molar-refractivity contribution is 0.102. The summed E-state index contributed by atoms with van der Waals surface area (Å²) in [5.74, 6) is 0.993. The second kappa shape index (κ2) is 7.38. The number of hydrogen-bond donors (Lipinski definition) is 1. The Kier molecular flexibility index (Phi) is 5.13. The van der Waals surface area contributed by atoms with Gasteiger partial charge in [0.1, 0.15) is 5.69 Å². The van der Waals surface area contributed by atoms with Gasteiger partial charge in [-0.05, 0) is 12.1 Å². The van der Waals surface area contributed by atoms with Gasteiger partial charge >= 0.3 is 0 Å². The first-order valence-corrected chi connectivity index (χ1v) is 8.75. The van der Waals surface area contributed by atoms with Gasteiger partial charge < -0.3 is 19.5 Å².